The first kappa shape index (κ1) is 16.0. The Bertz CT molecular complexity index is 699. The lowest BCUT2D eigenvalue weighted by Crippen LogP contribution is -2.42. The molecule has 0 radical (unpaired) electrons. The lowest BCUT2D eigenvalue weighted by Gasteiger charge is -2.13. The monoisotopic (exact) mass is 322 g/mol. The summed E-state index contributed by atoms with van der Waals surface area (Å²) < 4.78 is 14.7. The van der Waals surface area contributed by atoms with Gasteiger partial charge in [-0.05, 0) is 37.4 Å². The lowest BCUT2D eigenvalue weighted by atomic mass is 10.2. The number of halogens is 1. The molecular formula is C14H15FN4O2S. The molecule has 1 aromatic carbocycles. The summed E-state index contributed by atoms with van der Waals surface area (Å²) in [4.78, 5) is 27.5. The van der Waals surface area contributed by atoms with Gasteiger partial charge >= 0.3 is 0 Å². The Balaban J connectivity index is 2.41. The SMILES string of the molecule is CSc1ncc(C(=O)NC(C)C(N)=O)n1-c1ccc(F)cc1. The molecule has 0 aliphatic rings. The van der Waals surface area contributed by atoms with E-state index in [1.54, 1.807) is 16.7 Å². The summed E-state index contributed by atoms with van der Waals surface area (Å²) in [6.45, 7) is 1.49. The second-order valence-corrected chi connectivity index (χ2v) is 5.31. The third-order valence-electron chi connectivity index (χ3n) is 3.00. The average molecular weight is 322 g/mol. The van der Waals surface area contributed by atoms with E-state index >= 15 is 0 Å². The largest absolute Gasteiger partial charge is 0.368 e. The van der Waals surface area contributed by atoms with Gasteiger partial charge in [-0.3, -0.25) is 14.2 Å². The van der Waals surface area contributed by atoms with Crippen molar-refractivity contribution in [1.29, 1.82) is 0 Å². The number of benzene rings is 1. The number of nitrogens with zero attached hydrogens (tertiary/aromatic N) is 2. The fraction of sp³-hybridized carbons (Fsp3) is 0.214. The normalized spacial score (nSPS) is 12.0. The maximum Gasteiger partial charge on any atom is 0.270 e. The molecule has 2 aromatic rings. The zero-order chi connectivity index (χ0) is 16.3. The van der Waals surface area contributed by atoms with E-state index in [0.29, 0.717) is 10.8 Å². The van der Waals surface area contributed by atoms with E-state index in [9.17, 15) is 14.0 Å². The van der Waals surface area contributed by atoms with Crippen LogP contribution in [-0.4, -0.2) is 33.7 Å². The van der Waals surface area contributed by atoms with Crippen molar-refractivity contribution in [3.63, 3.8) is 0 Å². The molecule has 0 aliphatic heterocycles. The van der Waals surface area contributed by atoms with Crippen LogP contribution in [0.5, 0.6) is 0 Å². The number of hydrogen-bond donors (Lipinski definition) is 2. The minimum absolute atomic E-state index is 0.240. The van der Waals surface area contributed by atoms with Crippen LogP contribution in [0.25, 0.3) is 5.69 Å². The minimum Gasteiger partial charge on any atom is -0.368 e. The van der Waals surface area contributed by atoms with Crippen LogP contribution in [0.15, 0.2) is 35.6 Å². The van der Waals surface area contributed by atoms with Crippen molar-refractivity contribution >= 4 is 23.6 Å². The Morgan fingerprint density at radius 3 is 2.55 bits per heavy atom. The number of carbonyl (C=O) groups excluding carboxylic acids is 2. The van der Waals surface area contributed by atoms with Gasteiger partial charge in [0.2, 0.25) is 5.91 Å². The van der Waals surface area contributed by atoms with Gasteiger partial charge in [-0.1, -0.05) is 11.8 Å². The molecule has 6 nitrogen and oxygen atoms in total. The summed E-state index contributed by atoms with van der Waals surface area (Å²) in [7, 11) is 0. The molecule has 0 aliphatic carbocycles. The van der Waals surface area contributed by atoms with E-state index in [-0.39, 0.29) is 11.5 Å². The Labute approximate surface area is 130 Å². The molecule has 2 amide bonds. The van der Waals surface area contributed by atoms with Crippen molar-refractivity contribution in [1.82, 2.24) is 14.9 Å². The number of hydrogen-bond acceptors (Lipinski definition) is 4. The molecule has 0 bridgehead atoms. The van der Waals surface area contributed by atoms with Gasteiger partial charge in [0.25, 0.3) is 5.91 Å². The zero-order valence-electron chi connectivity index (χ0n) is 12.0. The van der Waals surface area contributed by atoms with Crippen LogP contribution in [0.2, 0.25) is 0 Å². The molecule has 0 spiro atoms. The number of thioether (sulfide) groups is 1. The number of nitrogens with two attached hydrogens (primary N) is 1. The summed E-state index contributed by atoms with van der Waals surface area (Å²) in [6.07, 6.45) is 3.22. The van der Waals surface area contributed by atoms with Crippen LogP contribution in [0.3, 0.4) is 0 Å². The van der Waals surface area contributed by atoms with Crippen molar-refractivity contribution in [2.45, 2.75) is 18.1 Å². The molecule has 1 heterocycles. The first-order valence-electron chi connectivity index (χ1n) is 6.42. The van der Waals surface area contributed by atoms with Crippen molar-refractivity contribution in [3.8, 4) is 5.69 Å². The van der Waals surface area contributed by atoms with Gasteiger partial charge < -0.3 is 11.1 Å². The third-order valence-corrected chi connectivity index (χ3v) is 3.66. The van der Waals surface area contributed by atoms with E-state index in [2.05, 4.69) is 10.3 Å². The maximum atomic E-state index is 13.1. The highest BCUT2D eigenvalue weighted by molar-refractivity contribution is 7.98. The number of nitrogens with one attached hydrogen (secondary N) is 1. The number of primary amides is 1. The Hall–Kier alpha value is -2.35. The first-order chi connectivity index (χ1) is 10.4. The molecule has 22 heavy (non-hydrogen) atoms. The maximum absolute atomic E-state index is 13.1. The summed E-state index contributed by atoms with van der Waals surface area (Å²) in [5, 5.41) is 3.07. The zero-order valence-corrected chi connectivity index (χ0v) is 12.9. The van der Waals surface area contributed by atoms with Crippen LogP contribution < -0.4 is 11.1 Å². The molecule has 3 N–H and O–H groups in total. The molecule has 8 heteroatoms. The molecule has 116 valence electrons. The minimum atomic E-state index is -0.804. The van der Waals surface area contributed by atoms with Gasteiger partial charge in [-0.15, -0.1) is 0 Å². The van der Waals surface area contributed by atoms with E-state index in [1.807, 2.05) is 6.26 Å². The van der Waals surface area contributed by atoms with Gasteiger partial charge in [0.1, 0.15) is 17.6 Å². The van der Waals surface area contributed by atoms with Crippen LogP contribution in [0.4, 0.5) is 4.39 Å². The molecule has 0 saturated heterocycles. The summed E-state index contributed by atoms with van der Waals surface area (Å²) in [6, 6.07) is 4.89. The molecule has 1 atom stereocenters. The number of rotatable bonds is 5. The van der Waals surface area contributed by atoms with Gasteiger partial charge in [0.05, 0.1) is 6.20 Å². The standard InChI is InChI=1S/C14H15FN4O2S/c1-8(12(16)20)18-13(21)11-7-17-14(22-2)19(11)10-5-3-9(15)4-6-10/h3-8H,1-2H3,(H2,16,20)(H,18,21). The quantitative estimate of drug-likeness (QED) is 0.813. The summed E-state index contributed by atoms with van der Waals surface area (Å²) in [5.41, 5.74) is 5.97. The molecule has 1 unspecified atom stereocenters. The highest BCUT2D eigenvalue weighted by atomic mass is 32.2. The second kappa shape index (κ2) is 6.61. The number of imidazole rings is 1. The number of aromatic nitrogens is 2. The molecular weight excluding hydrogens is 307 g/mol. The van der Waals surface area contributed by atoms with Crippen LogP contribution >= 0.6 is 11.8 Å². The third kappa shape index (κ3) is 3.28. The Morgan fingerprint density at radius 1 is 1.36 bits per heavy atom. The fourth-order valence-electron chi connectivity index (χ4n) is 1.82. The summed E-state index contributed by atoms with van der Waals surface area (Å²) in [5.74, 6) is -1.49. The summed E-state index contributed by atoms with van der Waals surface area (Å²) >= 11 is 1.34. The van der Waals surface area contributed by atoms with E-state index in [4.69, 9.17) is 5.73 Å². The first-order valence-corrected chi connectivity index (χ1v) is 7.64. The van der Waals surface area contributed by atoms with E-state index in [1.165, 1.54) is 37.0 Å². The topological polar surface area (TPSA) is 90.0 Å². The van der Waals surface area contributed by atoms with Gasteiger partial charge in [0, 0.05) is 5.69 Å². The van der Waals surface area contributed by atoms with Gasteiger partial charge in [-0.2, -0.15) is 0 Å². The number of amides is 2. The predicted molar refractivity (Wildman–Crippen MR) is 81.4 cm³/mol. The van der Waals surface area contributed by atoms with Crippen LogP contribution in [-0.2, 0) is 4.79 Å². The molecule has 1 aromatic heterocycles. The molecule has 0 saturated carbocycles. The smallest absolute Gasteiger partial charge is 0.270 e. The predicted octanol–water partition coefficient (Wildman–Crippen LogP) is 1.34. The Kier molecular flexibility index (Phi) is 4.81. The second-order valence-electron chi connectivity index (χ2n) is 4.54. The van der Waals surface area contributed by atoms with Crippen molar-refractivity contribution < 1.29 is 14.0 Å². The fourth-order valence-corrected chi connectivity index (χ4v) is 2.36. The van der Waals surface area contributed by atoms with E-state index in [0.717, 1.165) is 0 Å². The van der Waals surface area contributed by atoms with Crippen LogP contribution in [0, 0.1) is 5.82 Å². The molecule has 2 rings (SSSR count). The van der Waals surface area contributed by atoms with Gasteiger partial charge in [-0.25, -0.2) is 9.37 Å². The molecule has 0 fully saturated rings. The average Bonchev–Trinajstić information content (AvgIpc) is 2.91. The van der Waals surface area contributed by atoms with Crippen molar-refractivity contribution in [2.75, 3.05) is 6.26 Å². The van der Waals surface area contributed by atoms with Crippen molar-refractivity contribution in [3.05, 3.63) is 42.0 Å². The van der Waals surface area contributed by atoms with E-state index < -0.39 is 17.9 Å². The highest BCUT2D eigenvalue weighted by Crippen LogP contribution is 2.22. The van der Waals surface area contributed by atoms with Gasteiger partial charge in [0.15, 0.2) is 5.16 Å². The van der Waals surface area contributed by atoms with Crippen LogP contribution in [0.1, 0.15) is 17.4 Å². The Morgan fingerprint density at radius 2 is 2.00 bits per heavy atom. The number of carbonyl (C=O) groups is 2. The highest BCUT2D eigenvalue weighted by Gasteiger charge is 2.20. The van der Waals surface area contributed by atoms with Crippen molar-refractivity contribution in [2.24, 2.45) is 5.73 Å². The lowest BCUT2D eigenvalue weighted by molar-refractivity contribution is -0.119.